The zero-order valence-electron chi connectivity index (χ0n) is 13.0. The molecule has 0 saturated carbocycles. The van der Waals surface area contributed by atoms with Gasteiger partial charge in [-0.05, 0) is 29.8 Å². The molecular formula is C16H11F2N3O4S. The Bertz CT molecular complexity index is 885. The van der Waals surface area contributed by atoms with Crippen LogP contribution in [0.2, 0.25) is 0 Å². The fraction of sp³-hybridized carbons (Fsp3) is 0.125. The number of ether oxygens (including phenoxy) is 1. The van der Waals surface area contributed by atoms with Crippen molar-refractivity contribution in [1.29, 1.82) is 0 Å². The molecule has 1 aromatic heterocycles. The third kappa shape index (κ3) is 4.54. The van der Waals surface area contributed by atoms with Crippen molar-refractivity contribution in [2.45, 2.75) is 17.6 Å². The van der Waals surface area contributed by atoms with Gasteiger partial charge in [0.15, 0.2) is 0 Å². The lowest BCUT2D eigenvalue weighted by Gasteiger charge is -2.03. The second-order valence-corrected chi connectivity index (χ2v) is 5.91. The first-order valence-electron chi connectivity index (χ1n) is 7.26. The molecule has 0 N–H and O–H groups in total. The van der Waals surface area contributed by atoms with Crippen LogP contribution in [-0.2, 0) is 5.75 Å². The van der Waals surface area contributed by atoms with Crippen LogP contribution in [0.25, 0.3) is 11.5 Å². The highest BCUT2D eigenvalue weighted by atomic mass is 32.2. The number of nitrogens with zero attached hydrogens (tertiary/aromatic N) is 3. The maximum atomic E-state index is 12.1. The van der Waals surface area contributed by atoms with E-state index >= 15 is 0 Å². The molecule has 0 saturated heterocycles. The fourth-order valence-corrected chi connectivity index (χ4v) is 2.74. The molecule has 3 aromatic rings. The van der Waals surface area contributed by atoms with E-state index in [0.717, 1.165) is 5.56 Å². The molecule has 0 aliphatic heterocycles. The van der Waals surface area contributed by atoms with Gasteiger partial charge in [0.25, 0.3) is 10.9 Å². The normalized spacial score (nSPS) is 10.9. The van der Waals surface area contributed by atoms with Crippen molar-refractivity contribution in [3.63, 3.8) is 0 Å². The van der Waals surface area contributed by atoms with E-state index in [1.54, 1.807) is 12.1 Å². The number of hydrogen-bond acceptors (Lipinski definition) is 7. The Labute approximate surface area is 150 Å². The minimum atomic E-state index is -2.88. The van der Waals surface area contributed by atoms with Crippen LogP contribution >= 0.6 is 11.8 Å². The molecule has 0 spiro atoms. The minimum Gasteiger partial charge on any atom is -0.435 e. The van der Waals surface area contributed by atoms with Crippen LogP contribution in [0.1, 0.15) is 5.56 Å². The summed E-state index contributed by atoms with van der Waals surface area (Å²) in [6.45, 7) is -2.88. The second kappa shape index (κ2) is 7.91. The monoisotopic (exact) mass is 379 g/mol. The average molecular weight is 379 g/mol. The molecule has 0 fully saturated rings. The molecule has 0 unspecified atom stereocenters. The minimum absolute atomic E-state index is 0.0260. The number of benzene rings is 2. The van der Waals surface area contributed by atoms with Crippen LogP contribution in [0, 0.1) is 10.1 Å². The third-order valence-corrected chi connectivity index (χ3v) is 4.13. The number of alkyl halides is 2. The Morgan fingerprint density at radius 3 is 2.42 bits per heavy atom. The van der Waals surface area contributed by atoms with E-state index in [-0.39, 0.29) is 17.3 Å². The number of rotatable bonds is 7. The Balaban J connectivity index is 1.61. The van der Waals surface area contributed by atoms with Gasteiger partial charge in [0, 0.05) is 23.4 Å². The maximum Gasteiger partial charge on any atom is 0.387 e. The maximum absolute atomic E-state index is 12.1. The highest BCUT2D eigenvalue weighted by Gasteiger charge is 2.11. The highest BCUT2D eigenvalue weighted by molar-refractivity contribution is 7.98. The Hall–Kier alpha value is -3.01. The molecule has 0 atom stereocenters. The number of nitro benzene ring substituents is 1. The van der Waals surface area contributed by atoms with Gasteiger partial charge in [0.05, 0.1) is 4.92 Å². The summed E-state index contributed by atoms with van der Waals surface area (Å²) in [4.78, 5) is 10.2. The van der Waals surface area contributed by atoms with E-state index in [1.165, 1.54) is 48.2 Å². The lowest BCUT2D eigenvalue weighted by molar-refractivity contribution is -0.384. The number of nitro groups is 1. The largest absolute Gasteiger partial charge is 0.435 e. The van der Waals surface area contributed by atoms with Gasteiger partial charge in [-0.25, -0.2) is 0 Å². The van der Waals surface area contributed by atoms with E-state index in [1.807, 2.05) is 0 Å². The molecule has 0 amide bonds. The van der Waals surface area contributed by atoms with E-state index in [2.05, 4.69) is 14.9 Å². The van der Waals surface area contributed by atoms with Crippen LogP contribution in [0.3, 0.4) is 0 Å². The van der Waals surface area contributed by atoms with Crippen molar-refractivity contribution in [3.8, 4) is 17.2 Å². The van der Waals surface area contributed by atoms with Crippen molar-refractivity contribution in [1.82, 2.24) is 10.2 Å². The van der Waals surface area contributed by atoms with Crippen molar-refractivity contribution in [2.24, 2.45) is 0 Å². The standard InChI is InChI=1S/C16H11F2N3O4S/c17-15(18)24-13-7-3-11(4-8-13)14-19-20-16(25-14)26-9-10-1-5-12(6-2-10)21(22)23/h1-8,15H,9H2. The zero-order chi connectivity index (χ0) is 18.5. The van der Waals surface area contributed by atoms with Crippen molar-refractivity contribution in [3.05, 3.63) is 64.2 Å². The van der Waals surface area contributed by atoms with Gasteiger partial charge >= 0.3 is 6.61 Å². The molecule has 134 valence electrons. The van der Waals surface area contributed by atoms with E-state index in [4.69, 9.17) is 4.42 Å². The molecule has 2 aromatic carbocycles. The Morgan fingerprint density at radius 2 is 1.81 bits per heavy atom. The van der Waals surface area contributed by atoms with Crippen molar-refractivity contribution < 1.29 is 22.9 Å². The third-order valence-electron chi connectivity index (χ3n) is 3.24. The lowest BCUT2D eigenvalue weighted by Crippen LogP contribution is -2.01. The molecule has 3 rings (SSSR count). The fourth-order valence-electron chi connectivity index (χ4n) is 2.02. The predicted octanol–water partition coefficient (Wildman–Crippen LogP) is 4.54. The van der Waals surface area contributed by atoms with Gasteiger partial charge in [-0.1, -0.05) is 23.9 Å². The summed E-state index contributed by atoms with van der Waals surface area (Å²) in [7, 11) is 0. The Morgan fingerprint density at radius 1 is 1.12 bits per heavy atom. The van der Waals surface area contributed by atoms with Gasteiger partial charge in [0.2, 0.25) is 5.89 Å². The summed E-state index contributed by atoms with van der Waals surface area (Å²) in [6, 6.07) is 12.0. The zero-order valence-corrected chi connectivity index (χ0v) is 13.9. The van der Waals surface area contributed by atoms with E-state index in [0.29, 0.717) is 16.5 Å². The molecule has 0 aliphatic carbocycles. The lowest BCUT2D eigenvalue weighted by atomic mass is 10.2. The van der Waals surface area contributed by atoms with Crippen LogP contribution in [0.4, 0.5) is 14.5 Å². The summed E-state index contributed by atoms with van der Waals surface area (Å²) in [6.07, 6.45) is 0. The average Bonchev–Trinajstić information content (AvgIpc) is 3.09. The quantitative estimate of drug-likeness (QED) is 0.338. The molecular weight excluding hydrogens is 368 g/mol. The van der Waals surface area contributed by atoms with Crippen LogP contribution in [-0.4, -0.2) is 21.7 Å². The molecule has 0 bridgehead atoms. The summed E-state index contributed by atoms with van der Waals surface area (Å²) in [5, 5.41) is 18.8. The van der Waals surface area contributed by atoms with Gasteiger partial charge in [-0.2, -0.15) is 8.78 Å². The van der Waals surface area contributed by atoms with Crippen molar-refractivity contribution >= 4 is 17.4 Å². The first-order chi connectivity index (χ1) is 12.5. The van der Waals surface area contributed by atoms with Crippen LogP contribution < -0.4 is 4.74 Å². The van der Waals surface area contributed by atoms with E-state index < -0.39 is 11.5 Å². The van der Waals surface area contributed by atoms with Gasteiger partial charge in [0.1, 0.15) is 5.75 Å². The molecule has 7 nitrogen and oxygen atoms in total. The molecule has 0 radical (unpaired) electrons. The van der Waals surface area contributed by atoms with Crippen LogP contribution in [0.5, 0.6) is 5.75 Å². The van der Waals surface area contributed by atoms with Gasteiger partial charge in [-0.15, -0.1) is 10.2 Å². The van der Waals surface area contributed by atoms with Gasteiger partial charge in [-0.3, -0.25) is 10.1 Å². The number of aromatic nitrogens is 2. The van der Waals surface area contributed by atoms with Gasteiger partial charge < -0.3 is 9.15 Å². The number of non-ortho nitro benzene ring substituents is 1. The summed E-state index contributed by atoms with van der Waals surface area (Å²) < 4.78 is 34.1. The molecule has 0 aliphatic rings. The second-order valence-electron chi connectivity index (χ2n) is 4.99. The first kappa shape index (κ1) is 17.8. The number of halogens is 2. The molecule has 1 heterocycles. The summed E-state index contributed by atoms with van der Waals surface area (Å²) >= 11 is 1.28. The first-order valence-corrected chi connectivity index (χ1v) is 8.25. The topological polar surface area (TPSA) is 91.3 Å². The number of hydrogen-bond donors (Lipinski definition) is 0. The summed E-state index contributed by atoms with van der Waals surface area (Å²) in [5.41, 5.74) is 1.47. The highest BCUT2D eigenvalue weighted by Crippen LogP contribution is 2.27. The number of thioether (sulfide) groups is 1. The Kier molecular flexibility index (Phi) is 5.42. The predicted molar refractivity (Wildman–Crippen MR) is 89.0 cm³/mol. The molecule has 26 heavy (non-hydrogen) atoms. The molecule has 10 heteroatoms. The van der Waals surface area contributed by atoms with Crippen LogP contribution in [0.15, 0.2) is 58.2 Å². The summed E-state index contributed by atoms with van der Waals surface area (Å²) in [5.74, 6) is 0.789. The van der Waals surface area contributed by atoms with Crippen molar-refractivity contribution in [2.75, 3.05) is 0 Å². The van der Waals surface area contributed by atoms with E-state index in [9.17, 15) is 18.9 Å². The SMILES string of the molecule is O=[N+]([O-])c1ccc(CSc2nnc(-c3ccc(OC(F)F)cc3)o2)cc1. The smallest absolute Gasteiger partial charge is 0.387 e.